The average Bonchev–Trinajstić information content (AvgIpc) is 3.11. The summed E-state index contributed by atoms with van der Waals surface area (Å²) in [7, 11) is 0. The van der Waals surface area contributed by atoms with Crippen LogP contribution in [0.5, 0.6) is 0 Å². The summed E-state index contributed by atoms with van der Waals surface area (Å²) in [6.07, 6.45) is 2.61. The first kappa shape index (κ1) is 17.2. The normalized spacial score (nSPS) is 13.8. The standard InChI is InChI=1S/C19H22BrN3S/c1-14-12-16(6-9-18(14)20)22-19(24)21-13-15-4-7-17(8-5-15)23-10-2-3-11-23/h4-9,12H,2-3,10-11,13H2,1H3,(H2,21,22,24). The summed E-state index contributed by atoms with van der Waals surface area (Å²) in [5.74, 6) is 0. The van der Waals surface area contributed by atoms with Crippen LogP contribution in [0.2, 0.25) is 0 Å². The van der Waals surface area contributed by atoms with Gasteiger partial charge in [-0.3, -0.25) is 0 Å². The van der Waals surface area contributed by atoms with Crippen molar-refractivity contribution in [2.75, 3.05) is 23.3 Å². The van der Waals surface area contributed by atoms with E-state index in [9.17, 15) is 0 Å². The third-order valence-electron chi connectivity index (χ3n) is 4.28. The molecule has 0 spiro atoms. The molecule has 0 radical (unpaired) electrons. The second-order valence-electron chi connectivity index (χ2n) is 6.13. The molecule has 1 saturated heterocycles. The molecule has 0 unspecified atom stereocenters. The lowest BCUT2D eigenvalue weighted by Gasteiger charge is -2.18. The largest absolute Gasteiger partial charge is 0.372 e. The average molecular weight is 404 g/mol. The molecule has 3 nitrogen and oxygen atoms in total. The topological polar surface area (TPSA) is 27.3 Å². The van der Waals surface area contributed by atoms with Gasteiger partial charge in [-0.2, -0.15) is 0 Å². The van der Waals surface area contributed by atoms with E-state index in [4.69, 9.17) is 12.2 Å². The minimum Gasteiger partial charge on any atom is -0.372 e. The van der Waals surface area contributed by atoms with Gasteiger partial charge >= 0.3 is 0 Å². The summed E-state index contributed by atoms with van der Waals surface area (Å²) in [5.41, 5.74) is 4.73. The van der Waals surface area contributed by atoms with Crippen LogP contribution in [0.1, 0.15) is 24.0 Å². The molecule has 1 aliphatic heterocycles. The molecule has 1 aliphatic rings. The van der Waals surface area contributed by atoms with Crippen molar-refractivity contribution in [3.8, 4) is 0 Å². The summed E-state index contributed by atoms with van der Waals surface area (Å²) < 4.78 is 1.10. The monoisotopic (exact) mass is 403 g/mol. The number of nitrogens with one attached hydrogen (secondary N) is 2. The second kappa shape index (κ2) is 7.99. The predicted octanol–water partition coefficient (Wildman–Crippen LogP) is 4.84. The molecule has 0 bridgehead atoms. The van der Waals surface area contributed by atoms with Gasteiger partial charge in [-0.1, -0.05) is 28.1 Å². The fourth-order valence-corrected chi connectivity index (χ4v) is 3.32. The van der Waals surface area contributed by atoms with Gasteiger partial charge in [-0.05, 0) is 73.4 Å². The van der Waals surface area contributed by atoms with E-state index < -0.39 is 0 Å². The van der Waals surface area contributed by atoms with Crippen LogP contribution in [-0.2, 0) is 6.54 Å². The molecule has 0 aromatic heterocycles. The Morgan fingerprint density at radius 1 is 1.12 bits per heavy atom. The molecule has 0 atom stereocenters. The number of thiocarbonyl (C=S) groups is 1. The molecule has 0 aliphatic carbocycles. The van der Waals surface area contributed by atoms with Gasteiger partial charge in [0.25, 0.3) is 0 Å². The fourth-order valence-electron chi connectivity index (χ4n) is 2.88. The third kappa shape index (κ3) is 4.48. The fraction of sp³-hybridized carbons (Fsp3) is 0.316. The van der Waals surface area contributed by atoms with Gasteiger partial charge in [-0.25, -0.2) is 0 Å². The highest BCUT2D eigenvalue weighted by Crippen LogP contribution is 2.21. The minimum absolute atomic E-state index is 0.639. The van der Waals surface area contributed by atoms with Gasteiger partial charge in [0, 0.05) is 35.5 Å². The smallest absolute Gasteiger partial charge is 0.171 e. The van der Waals surface area contributed by atoms with Crippen molar-refractivity contribution in [1.82, 2.24) is 5.32 Å². The van der Waals surface area contributed by atoms with E-state index in [-0.39, 0.29) is 0 Å². The molecular weight excluding hydrogens is 382 g/mol. The van der Waals surface area contributed by atoms with E-state index in [0.29, 0.717) is 5.11 Å². The van der Waals surface area contributed by atoms with E-state index in [1.807, 2.05) is 12.1 Å². The number of hydrogen-bond donors (Lipinski definition) is 2. The van der Waals surface area contributed by atoms with E-state index in [0.717, 1.165) is 16.7 Å². The van der Waals surface area contributed by atoms with Crippen LogP contribution >= 0.6 is 28.1 Å². The van der Waals surface area contributed by atoms with Gasteiger partial charge in [0.15, 0.2) is 5.11 Å². The Kier molecular flexibility index (Phi) is 5.74. The summed E-state index contributed by atoms with van der Waals surface area (Å²) in [6.45, 7) is 5.14. The van der Waals surface area contributed by atoms with E-state index in [1.54, 1.807) is 0 Å². The third-order valence-corrected chi connectivity index (χ3v) is 5.41. The van der Waals surface area contributed by atoms with Crippen LogP contribution in [0.4, 0.5) is 11.4 Å². The first-order chi connectivity index (χ1) is 11.6. The van der Waals surface area contributed by atoms with Crippen molar-refractivity contribution >= 4 is 44.6 Å². The van der Waals surface area contributed by atoms with Crippen LogP contribution in [0.25, 0.3) is 0 Å². The van der Waals surface area contributed by atoms with Crippen LogP contribution in [0.15, 0.2) is 46.9 Å². The highest BCUT2D eigenvalue weighted by atomic mass is 79.9. The lowest BCUT2D eigenvalue weighted by Crippen LogP contribution is -2.27. The van der Waals surface area contributed by atoms with Gasteiger partial charge < -0.3 is 15.5 Å². The number of benzene rings is 2. The van der Waals surface area contributed by atoms with Gasteiger partial charge in [0.1, 0.15) is 0 Å². The van der Waals surface area contributed by atoms with Crippen molar-refractivity contribution in [3.05, 3.63) is 58.1 Å². The molecule has 1 fully saturated rings. The first-order valence-electron chi connectivity index (χ1n) is 8.27. The van der Waals surface area contributed by atoms with Crippen LogP contribution in [0, 0.1) is 6.92 Å². The van der Waals surface area contributed by atoms with Crippen molar-refractivity contribution in [2.24, 2.45) is 0 Å². The molecule has 0 amide bonds. The Labute approximate surface area is 157 Å². The number of nitrogens with zero attached hydrogens (tertiary/aromatic N) is 1. The Balaban J connectivity index is 1.51. The van der Waals surface area contributed by atoms with Gasteiger partial charge in [-0.15, -0.1) is 0 Å². The maximum atomic E-state index is 5.38. The minimum atomic E-state index is 0.639. The zero-order valence-corrected chi connectivity index (χ0v) is 16.2. The molecule has 3 rings (SSSR count). The molecule has 126 valence electrons. The van der Waals surface area contributed by atoms with E-state index in [2.05, 4.69) is 68.7 Å². The number of halogens is 1. The van der Waals surface area contributed by atoms with Gasteiger partial charge in [0.2, 0.25) is 0 Å². The summed E-state index contributed by atoms with van der Waals surface area (Å²) >= 11 is 8.89. The number of rotatable bonds is 4. The molecule has 1 heterocycles. The first-order valence-corrected chi connectivity index (χ1v) is 9.47. The highest BCUT2D eigenvalue weighted by molar-refractivity contribution is 9.10. The molecular formula is C19H22BrN3S. The Hall–Kier alpha value is -1.59. The second-order valence-corrected chi connectivity index (χ2v) is 7.39. The lowest BCUT2D eigenvalue weighted by atomic mass is 10.2. The van der Waals surface area contributed by atoms with E-state index in [1.165, 1.54) is 42.7 Å². The van der Waals surface area contributed by atoms with Crippen molar-refractivity contribution in [2.45, 2.75) is 26.3 Å². The molecule has 2 aromatic carbocycles. The van der Waals surface area contributed by atoms with E-state index >= 15 is 0 Å². The number of aryl methyl sites for hydroxylation is 1. The molecule has 2 aromatic rings. The SMILES string of the molecule is Cc1cc(NC(=S)NCc2ccc(N3CCCC3)cc2)ccc1Br. The molecule has 0 saturated carbocycles. The maximum absolute atomic E-state index is 5.38. The summed E-state index contributed by atoms with van der Waals surface area (Å²) in [5, 5.41) is 7.13. The quantitative estimate of drug-likeness (QED) is 0.713. The summed E-state index contributed by atoms with van der Waals surface area (Å²) in [4.78, 5) is 2.44. The molecule has 24 heavy (non-hydrogen) atoms. The number of hydrogen-bond acceptors (Lipinski definition) is 2. The van der Waals surface area contributed by atoms with Crippen molar-refractivity contribution < 1.29 is 0 Å². The zero-order valence-electron chi connectivity index (χ0n) is 13.8. The Morgan fingerprint density at radius 3 is 2.50 bits per heavy atom. The molecule has 5 heteroatoms. The Morgan fingerprint density at radius 2 is 1.83 bits per heavy atom. The van der Waals surface area contributed by atoms with Crippen LogP contribution < -0.4 is 15.5 Å². The Bertz CT molecular complexity index is 709. The van der Waals surface area contributed by atoms with Gasteiger partial charge in [0.05, 0.1) is 0 Å². The zero-order chi connectivity index (χ0) is 16.9. The van der Waals surface area contributed by atoms with Crippen LogP contribution in [0.3, 0.4) is 0 Å². The highest BCUT2D eigenvalue weighted by Gasteiger charge is 2.11. The lowest BCUT2D eigenvalue weighted by molar-refractivity contribution is 0.921. The molecule has 2 N–H and O–H groups in total. The number of anilines is 2. The predicted molar refractivity (Wildman–Crippen MR) is 110 cm³/mol. The van der Waals surface area contributed by atoms with Crippen molar-refractivity contribution in [1.29, 1.82) is 0 Å². The summed E-state index contributed by atoms with van der Waals surface area (Å²) in [6, 6.07) is 14.9. The maximum Gasteiger partial charge on any atom is 0.171 e. The van der Waals surface area contributed by atoms with Crippen molar-refractivity contribution in [3.63, 3.8) is 0 Å². The van der Waals surface area contributed by atoms with Crippen LogP contribution in [-0.4, -0.2) is 18.2 Å².